The zero-order chi connectivity index (χ0) is 42.4. The lowest BCUT2D eigenvalue weighted by atomic mass is 9.96. The van der Waals surface area contributed by atoms with Gasteiger partial charge in [-0.2, -0.15) is 0 Å². The molecule has 0 saturated carbocycles. The van der Waals surface area contributed by atoms with Crippen LogP contribution in [0.1, 0.15) is 96.4 Å². The summed E-state index contributed by atoms with van der Waals surface area (Å²) >= 11 is 0. The first-order valence-corrected chi connectivity index (χ1v) is 18.3. The molecule has 0 radical (unpaired) electrons. The van der Waals surface area contributed by atoms with Gasteiger partial charge in [0.1, 0.15) is 42.3 Å². The molecule has 0 aliphatic rings. The molecule has 0 aromatic heterocycles. The molecule has 0 spiro atoms. The van der Waals surface area contributed by atoms with E-state index in [-0.39, 0.29) is 5.92 Å². The lowest BCUT2D eigenvalue weighted by Gasteiger charge is -2.31. The number of carboxylic acids is 2. The zero-order valence-corrected chi connectivity index (χ0v) is 33.8. The number of amides is 7. The van der Waals surface area contributed by atoms with Crippen molar-refractivity contribution in [3.05, 3.63) is 0 Å². The van der Waals surface area contributed by atoms with E-state index in [1.807, 2.05) is 0 Å². The quantitative estimate of drug-likeness (QED) is 0.0701. The molecule has 0 fully saturated rings. The van der Waals surface area contributed by atoms with Crippen molar-refractivity contribution in [2.75, 3.05) is 0 Å². The molecule has 7 atom stereocenters. The number of carbonyl (C=O) groups excluding carboxylic acids is 7. The van der Waals surface area contributed by atoms with E-state index in [1.54, 1.807) is 83.1 Å². The van der Waals surface area contributed by atoms with Crippen LogP contribution in [0.25, 0.3) is 0 Å². The van der Waals surface area contributed by atoms with Crippen LogP contribution in [0.4, 0.5) is 0 Å². The molecule has 18 heteroatoms. The van der Waals surface area contributed by atoms with Crippen LogP contribution in [0.15, 0.2) is 0 Å². The van der Waals surface area contributed by atoms with Crippen LogP contribution in [-0.4, -0.2) is 106 Å². The Bertz CT molecular complexity index is 1360. The molecule has 0 rings (SSSR count). The molecule has 0 unspecified atom stereocenters. The van der Waals surface area contributed by atoms with Gasteiger partial charge in [0.2, 0.25) is 41.4 Å². The molecular weight excluding hydrogens is 706 g/mol. The molecule has 0 heterocycles. The highest BCUT2D eigenvalue weighted by Crippen LogP contribution is 2.13. The van der Waals surface area contributed by atoms with Crippen molar-refractivity contribution < 1.29 is 53.4 Å². The van der Waals surface area contributed by atoms with Crippen molar-refractivity contribution >= 4 is 53.3 Å². The number of aliphatic carboxylic acids is 2. The first-order valence-electron chi connectivity index (χ1n) is 18.3. The second-order valence-electron chi connectivity index (χ2n) is 15.6. The molecule has 0 aromatic rings. The van der Waals surface area contributed by atoms with Gasteiger partial charge in [0.25, 0.3) is 0 Å². The maximum absolute atomic E-state index is 13.7. The number of nitrogens with one attached hydrogen (secondary N) is 7. The highest BCUT2D eigenvalue weighted by molar-refractivity contribution is 5.97. The average molecular weight is 770 g/mol. The molecule has 0 aliphatic heterocycles. The predicted octanol–water partition coefficient (Wildman–Crippen LogP) is -0.105. The summed E-state index contributed by atoms with van der Waals surface area (Å²) < 4.78 is 0. The minimum atomic E-state index is -1.74. The van der Waals surface area contributed by atoms with E-state index in [0.29, 0.717) is 0 Å². The third-order valence-electron chi connectivity index (χ3n) is 8.54. The summed E-state index contributed by atoms with van der Waals surface area (Å²) in [6.07, 6.45) is -0.887. The van der Waals surface area contributed by atoms with Gasteiger partial charge in [0, 0.05) is 6.92 Å². The van der Waals surface area contributed by atoms with Crippen LogP contribution in [0.3, 0.4) is 0 Å². The first-order chi connectivity index (χ1) is 24.7. The molecule has 0 aromatic carbocycles. The van der Waals surface area contributed by atoms with Crippen molar-refractivity contribution in [3.63, 3.8) is 0 Å². The Morgan fingerprint density at radius 2 is 0.574 bits per heavy atom. The van der Waals surface area contributed by atoms with Crippen molar-refractivity contribution in [2.45, 2.75) is 139 Å². The summed E-state index contributed by atoms with van der Waals surface area (Å²) in [6, 6.07) is -8.56. The topological polar surface area (TPSA) is 278 Å². The van der Waals surface area contributed by atoms with Gasteiger partial charge >= 0.3 is 11.9 Å². The molecule has 308 valence electrons. The summed E-state index contributed by atoms with van der Waals surface area (Å²) in [5, 5.41) is 36.3. The maximum atomic E-state index is 13.7. The molecule has 18 nitrogen and oxygen atoms in total. The van der Waals surface area contributed by atoms with Gasteiger partial charge in [-0.15, -0.1) is 0 Å². The van der Waals surface area contributed by atoms with E-state index in [0.717, 1.165) is 0 Å². The molecular formula is C36H63N7O11. The number of carboxylic acid groups (broad SMARTS) is 2. The number of rotatable bonds is 22. The van der Waals surface area contributed by atoms with Crippen LogP contribution in [0.5, 0.6) is 0 Å². The maximum Gasteiger partial charge on any atom is 0.326 e. The van der Waals surface area contributed by atoms with Crippen LogP contribution < -0.4 is 37.2 Å². The predicted molar refractivity (Wildman–Crippen MR) is 198 cm³/mol. The number of carbonyl (C=O) groups is 9. The summed E-state index contributed by atoms with van der Waals surface area (Å²) in [5.41, 5.74) is 0. The lowest BCUT2D eigenvalue weighted by Crippen LogP contribution is -2.63. The van der Waals surface area contributed by atoms with Gasteiger partial charge in [-0.25, -0.2) is 4.79 Å². The van der Waals surface area contributed by atoms with Gasteiger partial charge in [0.05, 0.1) is 6.42 Å². The molecule has 0 saturated heterocycles. The summed E-state index contributed by atoms with van der Waals surface area (Å²) in [7, 11) is 0. The fourth-order valence-electron chi connectivity index (χ4n) is 5.28. The highest BCUT2D eigenvalue weighted by atomic mass is 16.4. The largest absolute Gasteiger partial charge is 0.481 e. The van der Waals surface area contributed by atoms with Crippen molar-refractivity contribution in [1.29, 1.82) is 0 Å². The summed E-state index contributed by atoms with van der Waals surface area (Å²) in [4.78, 5) is 115. The SMILES string of the molecule is CC(=O)N[C@H](C(=O)N[C@H](C(=O)N[C@H](C(=O)N[C@H](C(=O)N[C@H](C(=O)N[C@H](C(=O)N[C@@H](CC(=O)O)C(=O)O)C(C)C)C(C)C)C(C)C)C(C)C)C(C)C)C(C)C. The van der Waals surface area contributed by atoms with Crippen molar-refractivity contribution in [3.8, 4) is 0 Å². The van der Waals surface area contributed by atoms with Gasteiger partial charge in [-0.05, 0) is 35.5 Å². The Labute approximate surface area is 317 Å². The number of hydrogen-bond donors (Lipinski definition) is 9. The monoisotopic (exact) mass is 769 g/mol. The Kier molecular flexibility index (Phi) is 20.5. The van der Waals surface area contributed by atoms with Crippen LogP contribution in [-0.2, 0) is 43.2 Å². The second kappa shape index (κ2) is 22.4. The highest BCUT2D eigenvalue weighted by Gasteiger charge is 2.37. The van der Waals surface area contributed by atoms with Crippen LogP contribution >= 0.6 is 0 Å². The van der Waals surface area contributed by atoms with E-state index in [1.165, 1.54) is 6.92 Å². The molecule has 9 N–H and O–H groups in total. The van der Waals surface area contributed by atoms with E-state index in [4.69, 9.17) is 5.11 Å². The van der Waals surface area contributed by atoms with E-state index in [9.17, 15) is 48.3 Å². The molecule has 0 aliphatic carbocycles. The Morgan fingerprint density at radius 1 is 0.370 bits per heavy atom. The summed E-state index contributed by atoms with van der Waals surface area (Å²) in [6.45, 7) is 21.3. The zero-order valence-electron chi connectivity index (χ0n) is 33.8. The Hall–Kier alpha value is -4.77. The third kappa shape index (κ3) is 16.1. The van der Waals surface area contributed by atoms with Gasteiger partial charge in [-0.3, -0.25) is 38.4 Å². The second-order valence-corrected chi connectivity index (χ2v) is 15.6. The minimum Gasteiger partial charge on any atom is -0.481 e. The van der Waals surface area contributed by atoms with Gasteiger partial charge in [-0.1, -0.05) is 83.1 Å². The smallest absolute Gasteiger partial charge is 0.326 e. The molecule has 7 amide bonds. The fourth-order valence-corrected chi connectivity index (χ4v) is 5.28. The van der Waals surface area contributed by atoms with Crippen LogP contribution in [0, 0.1) is 35.5 Å². The minimum absolute atomic E-state index is 0.280. The van der Waals surface area contributed by atoms with E-state index < -0.39 is 132 Å². The molecule has 54 heavy (non-hydrogen) atoms. The lowest BCUT2D eigenvalue weighted by molar-refractivity contribution is -0.147. The summed E-state index contributed by atoms with van der Waals surface area (Å²) in [5.74, 6) is -10.6. The average Bonchev–Trinajstić information content (AvgIpc) is 3.02. The normalized spacial score (nSPS) is 15.4. The van der Waals surface area contributed by atoms with Gasteiger partial charge in [0.15, 0.2) is 0 Å². The third-order valence-corrected chi connectivity index (χ3v) is 8.54. The van der Waals surface area contributed by atoms with Crippen molar-refractivity contribution in [2.24, 2.45) is 35.5 Å². The number of hydrogen-bond acceptors (Lipinski definition) is 9. The Morgan fingerprint density at radius 3 is 0.741 bits per heavy atom. The standard InChI is InChI=1S/C36H63N7O11/c1-15(2)24(37-21(13)44)31(48)40-26(17(5)6)33(50)42-28(19(9)10)35(52)43-29(20(11)12)34(51)41-27(18(7)8)32(49)39-25(16(3)4)30(47)38-22(36(53)54)14-23(45)46/h15-20,22,24-29H,14H2,1-13H3,(H,37,44)(H,38,47)(H,39,49)(H,40,48)(H,41,51)(H,42,50)(H,43,52)(H,45,46)(H,53,54)/t22-,24-,25-,26-,27-,28-,29-/m0/s1. The van der Waals surface area contributed by atoms with Gasteiger partial charge < -0.3 is 47.4 Å². The van der Waals surface area contributed by atoms with E-state index >= 15 is 0 Å². The van der Waals surface area contributed by atoms with Crippen molar-refractivity contribution in [1.82, 2.24) is 37.2 Å². The van der Waals surface area contributed by atoms with Crippen LogP contribution in [0.2, 0.25) is 0 Å². The van der Waals surface area contributed by atoms with E-state index in [2.05, 4.69) is 37.2 Å². The fraction of sp³-hybridized carbons (Fsp3) is 0.750. The molecule has 0 bridgehead atoms. The first kappa shape index (κ1) is 49.2. The Balaban J connectivity index is 6.09.